The van der Waals surface area contributed by atoms with E-state index in [0.717, 1.165) is 17.1 Å². The van der Waals surface area contributed by atoms with E-state index in [0.29, 0.717) is 19.6 Å². The molecule has 204 valence electrons. The van der Waals surface area contributed by atoms with Gasteiger partial charge in [-0.25, -0.2) is 37.3 Å². The van der Waals surface area contributed by atoms with Crippen molar-refractivity contribution in [1.82, 2.24) is 30.6 Å². The van der Waals surface area contributed by atoms with Gasteiger partial charge in [-0.15, -0.1) is 20.5 Å². The van der Waals surface area contributed by atoms with Crippen LogP contribution in [0.4, 0.5) is 0 Å². The first-order valence-electron chi connectivity index (χ1n) is 9.46. The molecule has 0 aliphatic rings. The van der Waals surface area contributed by atoms with Crippen LogP contribution in [0.5, 0.6) is 0 Å². The maximum atomic E-state index is 8.49. The van der Waals surface area contributed by atoms with Crippen molar-refractivity contribution in [1.29, 1.82) is 0 Å². The number of rotatable bonds is 9. The zero-order chi connectivity index (χ0) is 27.1. The van der Waals surface area contributed by atoms with Crippen molar-refractivity contribution in [2.75, 3.05) is 19.6 Å². The summed E-state index contributed by atoms with van der Waals surface area (Å²) in [5, 5.41) is 20.5. The quantitative estimate of drug-likeness (QED) is 0.152. The minimum atomic E-state index is -4.94. The molecule has 0 amide bonds. The summed E-state index contributed by atoms with van der Waals surface area (Å²) >= 11 is 0. The zero-order valence-electron chi connectivity index (χ0n) is 18.9. The first-order chi connectivity index (χ1) is 16.7. The van der Waals surface area contributed by atoms with Gasteiger partial charge >= 0.3 is 17.1 Å². The average Bonchev–Trinajstić information content (AvgIpc) is 3.50. The fourth-order valence-corrected chi connectivity index (χ4v) is 2.26. The Kier molecular flexibility index (Phi) is 15.8. The van der Waals surface area contributed by atoms with Gasteiger partial charge in [0.2, 0.25) is 0 Å². The summed E-state index contributed by atoms with van der Waals surface area (Å²) in [5.41, 5.74) is 2.17. The molecular weight excluding hydrogens is 585 g/mol. The van der Waals surface area contributed by atoms with E-state index >= 15 is 0 Å². The minimum absolute atomic E-state index is 0. The van der Waals surface area contributed by atoms with Gasteiger partial charge in [0.05, 0.1) is 0 Å². The smallest absolute Gasteiger partial charge is 0.290 e. The molecule has 3 aromatic heterocycles. The van der Waals surface area contributed by atoms with Crippen molar-refractivity contribution < 1.29 is 74.8 Å². The Bertz CT molecular complexity index is 902. The number of aromatic amines is 3. The Morgan fingerprint density at radius 3 is 1.08 bits per heavy atom. The molecule has 0 saturated heterocycles. The van der Waals surface area contributed by atoms with E-state index in [1.54, 1.807) is 37.2 Å². The van der Waals surface area contributed by atoms with Crippen molar-refractivity contribution in [3.8, 4) is 0 Å². The third-order valence-corrected chi connectivity index (χ3v) is 3.66. The number of H-pyrrole nitrogens is 3. The topological polar surface area (TPSA) is 308 Å². The van der Waals surface area contributed by atoms with Crippen molar-refractivity contribution in [3.05, 3.63) is 53.9 Å². The molecule has 37 heavy (non-hydrogen) atoms. The van der Waals surface area contributed by atoms with Crippen molar-refractivity contribution in [2.24, 2.45) is 20.4 Å². The van der Waals surface area contributed by atoms with Gasteiger partial charge in [0.1, 0.15) is 17.1 Å². The van der Waals surface area contributed by atoms with Crippen molar-refractivity contribution >= 4 is 18.6 Å². The van der Waals surface area contributed by atoms with Crippen LogP contribution in [0.1, 0.15) is 24.0 Å². The van der Waals surface area contributed by atoms with E-state index in [-0.39, 0.29) is 22.5 Å². The van der Waals surface area contributed by atoms with E-state index in [2.05, 4.69) is 52.5 Å². The van der Waals surface area contributed by atoms with Gasteiger partial charge in [-0.1, -0.05) is 6.92 Å². The monoisotopic (exact) mass is 605 g/mol. The van der Waals surface area contributed by atoms with Gasteiger partial charge < -0.3 is 0 Å². The van der Waals surface area contributed by atoms with Crippen LogP contribution >= 0.6 is 0 Å². The molecule has 0 aromatic carbocycles. The summed E-state index contributed by atoms with van der Waals surface area (Å²) in [6.07, 6.45) is 10.6. The normalized spacial score (nSPS) is 13.5. The van der Waals surface area contributed by atoms with Gasteiger partial charge in [-0.05, 0) is 18.2 Å². The van der Waals surface area contributed by atoms with Crippen molar-refractivity contribution in [2.45, 2.75) is 6.92 Å². The third-order valence-electron chi connectivity index (χ3n) is 3.66. The number of nitrogens with zero attached hydrogens (tertiary/aromatic N) is 6. The maximum absolute atomic E-state index is 8.49. The number of hydrogen-bond acceptors (Lipinski definition) is 14. The molecule has 0 aliphatic carbocycles. The molecular formula is C17H21Cl2FeN9O8. The number of hydrogen-bond donors (Lipinski definition) is 3. The third kappa shape index (κ3) is 21.2. The predicted molar refractivity (Wildman–Crippen MR) is 101 cm³/mol. The van der Waals surface area contributed by atoms with E-state index in [4.69, 9.17) is 37.3 Å². The molecule has 3 heterocycles. The van der Waals surface area contributed by atoms with Crippen LogP contribution in [0, 0.1) is 25.9 Å². The first kappa shape index (κ1) is 34.4. The Morgan fingerprint density at radius 1 is 0.649 bits per heavy atom. The van der Waals surface area contributed by atoms with E-state index in [1.807, 2.05) is 18.2 Å². The van der Waals surface area contributed by atoms with Gasteiger partial charge in [-0.3, -0.25) is 30.3 Å². The van der Waals surface area contributed by atoms with Gasteiger partial charge in [-0.2, -0.15) is 15.3 Å². The summed E-state index contributed by atoms with van der Waals surface area (Å²) in [5.74, 6) is 0. The van der Waals surface area contributed by atoms with E-state index in [9.17, 15) is 0 Å². The molecule has 0 fully saturated rings. The Labute approximate surface area is 224 Å². The van der Waals surface area contributed by atoms with Crippen LogP contribution in [-0.4, -0.2) is 68.9 Å². The molecule has 0 spiro atoms. The Hall–Kier alpha value is -2.58. The van der Waals surface area contributed by atoms with Crippen LogP contribution in [0.3, 0.4) is 0 Å². The Morgan fingerprint density at radius 2 is 0.892 bits per heavy atom. The van der Waals surface area contributed by atoms with E-state index < -0.39 is 20.5 Å². The molecule has 3 aromatic rings. The van der Waals surface area contributed by atoms with Gasteiger partial charge in [0, 0.05) is 62.3 Å². The number of nitrogens with one attached hydrogen (secondary N) is 3. The number of aromatic nitrogens is 6. The SMILES string of the molecule is CC(CN=Cc1cc[nH]n1)(CN=Cc1cc[nH]n1)CN=Cc1cc[nH]n1.[Fe+2].[O-][Cl+3]([O-])([O-])[O-].[O-][Cl+3]([O-])([O-])[O-]. The minimum Gasteiger partial charge on any atom is -0.290 e. The largest absolute Gasteiger partial charge is 2.00 e. The second-order valence-corrected chi connectivity index (χ2v) is 8.49. The molecule has 0 radical (unpaired) electrons. The summed E-state index contributed by atoms with van der Waals surface area (Å²) in [6.45, 7) is 3.85. The average molecular weight is 606 g/mol. The molecule has 3 rings (SSSR count). The summed E-state index contributed by atoms with van der Waals surface area (Å²) in [7, 11) is -9.89. The predicted octanol–water partition coefficient (Wildman–Crippen LogP) is -8.00. The summed E-state index contributed by atoms with van der Waals surface area (Å²) < 4.78 is 67.9. The zero-order valence-corrected chi connectivity index (χ0v) is 21.5. The number of aliphatic imine (C=N–C) groups is 3. The fraction of sp³-hybridized carbons (Fsp3) is 0.294. The van der Waals surface area contributed by atoms with Crippen LogP contribution in [-0.2, 0) is 17.1 Å². The molecule has 0 saturated carbocycles. The van der Waals surface area contributed by atoms with Gasteiger partial charge in [0.15, 0.2) is 0 Å². The van der Waals surface area contributed by atoms with Crippen LogP contribution in [0.2, 0.25) is 0 Å². The summed E-state index contributed by atoms with van der Waals surface area (Å²) in [6, 6.07) is 5.60. The standard InChI is InChI=1S/C17H21N9.2ClHO4.Fe/c1-17(11-18-8-14-2-5-21-24-14,12-19-9-15-3-6-22-25-15)13-20-10-16-4-7-23-26-16;2*2-1(3,4)5;/h2-10H,11-13H2,1H3,(H,21,24)(H,22,25)(H,23,26);2*(H,2,3,4,5);/q;;;+2/p-2. The van der Waals surface area contributed by atoms with Gasteiger partial charge in [0.25, 0.3) is 0 Å². The molecule has 0 bridgehead atoms. The fourth-order valence-electron chi connectivity index (χ4n) is 2.26. The number of halogens is 2. The first-order valence-corrected chi connectivity index (χ1v) is 11.9. The molecule has 20 heteroatoms. The second-order valence-electron chi connectivity index (χ2n) is 6.97. The second kappa shape index (κ2) is 17.0. The van der Waals surface area contributed by atoms with Crippen LogP contribution < -0.4 is 37.3 Å². The molecule has 0 atom stereocenters. The molecule has 0 unspecified atom stereocenters. The summed E-state index contributed by atoms with van der Waals surface area (Å²) in [4.78, 5) is 13.6. The van der Waals surface area contributed by atoms with Crippen LogP contribution in [0.25, 0.3) is 0 Å². The van der Waals surface area contributed by atoms with E-state index in [1.165, 1.54) is 0 Å². The van der Waals surface area contributed by atoms with Crippen LogP contribution in [0.15, 0.2) is 51.8 Å². The molecule has 0 aliphatic heterocycles. The maximum Gasteiger partial charge on any atom is 2.00 e. The molecule has 3 N–H and O–H groups in total. The Balaban J connectivity index is 0.00000101. The molecule has 17 nitrogen and oxygen atoms in total. The van der Waals surface area contributed by atoms with Crippen molar-refractivity contribution in [3.63, 3.8) is 0 Å².